The van der Waals surface area contributed by atoms with Crippen LogP contribution < -0.4 is 5.73 Å². The number of hydrogen-bond donors (Lipinski definition) is 2. The number of fused-ring (bicyclic) bond motifs is 1. The summed E-state index contributed by atoms with van der Waals surface area (Å²) >= 11 is 5.87. The first kappa shape index (κ1) is 20.8. The Morgan fingerprint density at radius 3 is 2.41 bits per heavy atom. The summed E-state index contributed by atoms with van der Waals surface area (Å²) in [5.41, 5.74) is 6.11. The number of primary amides is 1. The molecule has 29 heavy (non-hydrogen) atoms. The summed E-state index contributed by atoms with van der Waals surface area (Å²) in [6.07, 6.45) is 0.877. The standard InChI is InChI=1S/C21H19ClF2N2O3/c1-3-4-13(20(25)28)16-10(2)26(21(29)11-5-7-12(22)8-6-11)15-9-14(23)19(27)18(24)17(15)16/h5-9,13,27H,3-4H2,1-2H3,(H2,25,28). The summed E-state index contributed by atoms with van der Waals surface area (Å²) in [4.78, 5) is 25.2. The fourth-order valence-corrected chi connectivity index (χ4v) is 3.76. The van der Waals surface area contributed by atoms with Crippen LogP contribution in [0.3, 0.4) is 0 Å². The molecule has 1 amide bonds. The smallest absolute Gasteiger partial charge is 0.262 e. The quantitative estimate of drug-likeness (QED) is 0.630. The predicted molar refractivity (Wildman–Crippen MR) is 106 cm³/mol. The molecule has 5 nitrogen and oxygen atoms in total. The molecule has 0 spiro atoms. The molecule has 0 aliphatic heterocycles. The zero-order valence-electron chi connectivity index (χ0n) is 15.8. The van der Waals surface area contributed by atoms with Gasteiger partial charge in [-0.05, 0) is 43.2 Å². The monoisotopic (exact) mass is 420 g/mol. The molecule has 8 heteroatoms. The number of aromatic hydroxyl groups is 1. The second-order valence-corrected chi connectivity index (χ2v) is 7.24. The van der Waals surface area contributed by atoms with E-state index in [4.69, 9.17) is 17.3 Å². The molecule has 2 aromatic carbocycles. The van der Waals surface area contributed by atoms with Gasteiger partial charge in [0.05, 0.1) is 11.4 Å². The molecule has 3 rings (SSSR count). The van der Waals surface area contributed by atoms with Crippen LogP contribution in [0.15, 0.2) is 30.3 Å². The van der Waals surface area contributed by atoms with E-state index in [0.717, 1.165) is 10.6 Å². The van der Waals surface area contributed by atoms with Crippen LogP contribution in [0.5, 0.6) is 5.75 Å². The Labute approximate surface area is 170 Å². The topological polar surface area (TPSA) is 85.3 Å². The number of hydrogen-bond acceptors (Lipinski definition) is 3. The minimum atomic E-state index is -1.23. The highest BCUT2D eigenvalue weighted by Crippen LogP contribution is 2.39. The Morgan fingerprint density at radius 2 is 1.86 bits per heavy atom. The van der Waals surface area contributed by atoms with Crippen molar-refractivity contribution in [1.82, 2.24) is 4.57 Å². The highest BCUT2D eigenvalue weighted by molar-refractivity contribution is 6.30. The highest BCUT2D eigenvalue weighted by atomic mass is 35.5. The molecule has 1 heterocycles. The third kappa shape index (κ3) is 3.46. The van der Waals surface area contributed by atoms with E-state index in [-0.39, 0.29) is 27.7 Å². The number of halogens is 3. The number of aromatic nitrogens is 1. The molecule has 0 aliphatic rings. The van der Waals surface area contributed by atoms with Gasteiger partial charge in [-0.1, -0.05) is 24.9 Å². The van der Waals surface area contributed by atoms with Crippen molar-refractivity contribution in [3.63, 3.8) is 0 Å². The maximum absolute atomic E-state index is 14.9. The molecular formula is C21H19ClF2N2O3. The minimum Gasteiger partial charge on any atom is -0.503 e. The summed E-state index contributed by atoms with van der Waals surface area (Å²) in [5.74, 6) is -5.77. The maximum Gasteiger partial charge on any atom is 0.262 e. The van der Waals surface area contributed by atoms with E-state index in [1.165, 1.54) is 31.2 Å². The van der Waals surface area contributed by atoms with Crippen molar-refractivity contribution in [1.29, 1.82) is 0 Å². The van der Waals surface area contributed by atoms with E-state index in [0.29, 0.717) is 17.9 Å². The number of carbonyl (C=O) groups excluding carboxylic acids is 2. The van der Waals surface area contributed by atoms with Crippen molar-refractivity contribution in [2.75, 3.05) is 0 Å². The molecule has 1 aromatic heterocycles. The first-order valence-corrected chi connectivity index (χ1v) is 9.38. The number of benzene rings is 2. The van der Waals surface area contributed by atoms with E-state index in [1.54, 1.807) is 0 Å². The van der Waals surface area contributed by atoms with Crippen molar-refractivity contribution in [2.24, 2.45) is 5.73 Å². The van der Waals surface area contributed by atoms with Crippen molar-refractivity contribution < 1.29 is 23.5 Å². The van der Waals surface area contributed by atoms with Gasteiger partial charge >= 0.3 is 0 Å². The van der Waals surface area contributed by atoms with Gasteiger partial charge in [-0.25, -0.2) is 8.78 Å². The first-order chi connectivity index (χ1) is 13.7. The molecule has 152 valence electrons. The molecule has 0 aliphatic carbocycles. The van der Waals surface area contributed by atoms with E-state index in [2.05, 4.69) is 0 Å². The largest absolute Gasteiger partial charge is 0.503 e. The fourth-order valence-electron chi connectivity index (χ4n) is 3.64. The Balaban J connectivity index is 2.39. The number of rotatable bonds is 5. The Kier molecular flexibility index (Phi) is 5.61. The molecule has 1 unspecified atom stereocenters. The van der Waals surface area contributed by atoms with Crippen molar-refractivity contribution >= 4 is 34.3 Å². The Bertz CT molecular complexity index is 1120. The highest BCUT2D eigenvalue weighted by Gasteiger charge is 2.31. The van der Waals surface area contributed by atoms with Crippen molar-refractivity contribution in [3.8, 4) is 5.75 Å². The summed E-state index contributed by atoms with van der Waals surface area (Å²) in [7, 11) is 0. The second kappa shape index (κ2) is 7.83. The fraction of sp³-hybridized carbons (Fsp3) is 0.238. The summed E-state index contributed by atoms with van der Waals surface area (Å²) in [5, 5.41) is 10.0. The van der Waals surface area contributed by atoms with Crippen LogP contribution in [0, 0.1) is 18.6 Å². The SMILES string of the molecule is CCCC(C(N)=O)c1c(C)n(C(=O)c2ccc(Cl)cc2)c2cc(F)c(O)c(F)c12. The van der Waals surface area contributed by atoms with Gasteiger partial charge in [0.2, 0.25) is 5.91 Å². The Morgan fingerprint density at radius 1 is 1.24 bits per heavy atom. The van der Waals surface area contributed by atoms with Crippen LogP contribution in [0.4, 0.5) is 8.78 Å². The van der Waals surface area contributed by atoms with Crippen LogP contribution in [-0.2, 0) is 4.79 Å². The second-order valence-electron chi connectivity index (χ2n) is 6.81. The minimum absolute atomic E-state index is 0.0902. The van der Waals surface area contributed by atoms with Gasteiger partial charge in [0.1, 0.15) is 0 Å². The summed E-state index contributed by atoms with van der Waals surface area (Å²) in [6.45, 7) is 3.36. The van der Waals surface area contributed by atoms with Crippen LogP contribution in [0.25, 0.3) is 10.9 Å². The van der Waals surface area contributed by atoms with Gasteiger partial charge in [0, 0.05) is 27.7 Å². The number of phenolic OH excluding ortho intramolecular Hbond substituents is 1. The summed E-state index contributed by atoms with van der Waals surface area (Å²) in [6, 6.07) is 6.89. The van der Waals surface area contributed by atoms with Gasteiger partial charge in [-0.2, -0.15) is 0 Å². The van der Waals surface area contributed by atoms with E-state index in [1.807, 2.05) is 6.92 Å². The number of nitrogens with zero attached hydrogens (tertiary/aromatic N) is 1. The average Bonchev–Trinajstić information content (AvgIpc) is 2.95. The van der Waals surface area contributed by atoms with Crippen molar-refractivity contribution in [2.45, 2.75) is 32.6 Å². The molecule has 0 bridgehead atoms. The molecule has 0 radical (unpaired) electrons. The van der Waals surface area contributed by atoms with Gasteiger partial charge < -0.3 is 10.8 Å². The lowest BCUT2D eigenvalue weighted by molar-refractivity contribution is -0.119. The Hall–Kier alpha value is -2.93. The zero-order chi connectivity index (χ0) is 21.5. The molecule has 1 atom stereocenters. The third-order valence-electron chi connectivity index (χ3n) is 4.97. The van der Waals surface area contributed by atoms with Gasteiger partial charge in [-0.15, -0.1) is 0 Å². The number of carbonyl (C=O) groups is 2. The molecule has 3 N–H and O–H groups in total. The van der Waals surface area contributed by atoms with Crippen molar-refractivity contribution in [3.05, 3.63) is 63.8 Å². The lowest BCUT2D eigenvalue weighted by Gasteiger charge is -2.14. The lowest BCUT2D eigenvalue weighted by Crippen LogP contribution is -2.22. The van der Waals surface area contributed by atoms with Gasteiger partial charge in [0.15, 0.2) is 17.4 Å². The number of nitrogens with two attached hydrogens (primary N) is 1. The normalized spacial score (nSPS) is 12.3. The molecule has 0 fully saturated rings. The zero-order valence-corrected chi connectivity index (χ0v) is 16.6. The van der Waals surface area contributed by atoms with Crippen LogP contribution >= 0.6 is 11.6 Å². The molecule has 3 aromatic rings. The first-order valence-electron chi connectivity index (χ1n) is 9.00. The molecule has 0 saturated heterocycles. The number of phenols is 1. The van der Waals surface area contributed by atoms with E-state index < -0.39 is 35.1 Å². The van der Waals surface area contributed by atoms with Gasteiger partial charge in [-0.3, -0.25) is 14.2 Å². The van der Waals surface area contributed by atoms with Gasteiger partial charge in [0.25, 0.3) is 5.91 Å². The molecule has 0 saturated carbocycles. The third-order valence-corrected chi connectivity index (χ3v) is 5.22. The molecular weight excluding hydrogens is 402 g/mol. The lowest BCUT2D eigenvalue weighted by atomic mass is 9.91. The van der Waals surface area contributed by atoms with E-state index >= 15 is 0 Å². The van der Waals surface area contributed by atoms with Crippen LogP contribution in [0.2, 0.25) is 5.02 Å². The maximum atomic E-state index is 14.9. The summed E-state index contributed by atoms with van der Waals surface area (Å²) < 4.78 is 30.2. The van der Waals surface area contributed by atoms with Crippen LogP contribution in [-0.4, -0.2) is 21.5 Å². The predicted octanol–water partition coefficient (Wildman–Crippen LogP) is 4.64. The van der Waals surface area contributed by atoms with Crippen LogP contribution in [0.1, 0.15) is 47.3 Å². The average molecular weight is 421 g/mol. The van der Waals surface area contributed by atoms with E-state index in [9.17, 15) is 23.5 Å². The number of amides is 1.